The first kappa shape index (κ1) is 20.1. The minimum absolute atomic E-state index is 0.0191. The van der Waals surface area contributed by atoms with Gasteiger partial charge in [0.1, 0.15) is 22.8 Å². The minimum Gasteiger partial charge on any atom is -0.508 e. The van der Waals surface area contributed by atoms with Gasteiger partial charge in [-0.25, -0.2) is 0 Å². The molecule has 3 aromatic rings. The summed E-state index contributed by atoms with van der Waals surface area (Å²) < 4.78 is 13.1. The molecular formula is C24H21N3O5. The molecule has 162 valence electrons. The Hall–Kier alpha value is -3.80. The monoisotopic (exact) mass is 431 g/mol. The van der Waals surface area contributed by atoms with Crippen molar-refractivity contribution in [1.82, 2.24) is 9.47 Å². The summed E-state index contributed by atoms with van der Waals surface area (Å²) in [5.74, 6) is -0.863. The molecule has 0 bridgehead atoms. The lowest BCUT2D eigenvalue weighted by Gasteiger charge is -2.26. The lowest BCUT2D eigenvalue weighted by Crippen LogP contribution is -2.38. The fraction of sp³-hybridized carbons (Fsp3) is 0.250. The van der Waals surface area contributed by atoms with E-state index in [1.54, 1.807) is 12.1 Å². The zero-order valence-corrected chi connectivity index (χ0v) is 17.2. The van der Waals surface area contributed by atoms with E-state index < -0.39 is 5.78 Å². The predicted molar refractivity (Wildman–Crippen MR) is 117 cm³/mol. The highest BCUT2D eigenvalue weighted by Crippen LogP contribution is 2.41. The normalized spacial score (nSPS) is 17.5. The number of carbonyl (C=O) groups is 1. The number of ketones is 1. The van der Waals surface area contributed by atoms with Crippen molar-refractivity contribution >= 4 is 22.8 Å². The number of carbonyl (C=O) groups excluding carboxylic acids is 1. The molecule has 2 N–H and O–H groups in total. The number of nitriles is 1. The number of aromatic nitrogens is 1. The summed E-state index contributed by atoms with van der Waals surface area (Å²) >= 11 is 0. The van der Waals surface area contributed by atoms with Gasteiger partial charge in [0.15, 0.2) is 5.76 Å². The van der Waals surface area contributed by atoms with Crippen LogP contribution < -0.4 is 4.74 Å². The van der Waals surface area contributed by atoms with Crippen LogP contribution in [0.4, 0.5) is 0 Å². The molecule has 2 aromatic carbocycles. The molecule has 0 amide bonds. The zero-order chi connectivity index (χ0) is 22.2. The zero-order valence-electron chi connectivity index (χ0n) is 17.2. The number of allylic oxidation sites excluding steroid dienone is 1. The van der Waals surface area contributed by atoms with Crippen LogP contribution in [0, 0.1) is 11.3 Å². The Kier molecular flexibility index (Phi) is 5.05. The van der Waals surface area contributed by atoms with Gasteiger partial charge in [-0.15, -0.1) is 0 Å². The van der Waals surface area contributed by atoms with Crippen LogP contribution in [0.2, 0.25) is 0 Å². The van der Waals surface area contributed by atoms with E-state index in [1.807, 2.05) is 18.3 Å². The number of phenolic OH excluding ortho intramolecular Hbond substituents is 2. The van der Waals surface area contributed by atoms with Crippen molar-refractivity contribution in [3.63, 3.8) is 0 Å². The van der Waals surface area contributed by atoms with E-state index in [0.717, 1.165) is 56.4 Å². The van der Waals surface area contributed by atoms with Gasteiger partial charge in [-0.05, 0) is 18.2 Å². The average Bonchev–Trinajstić information content (AvgIpc) is 3.30. The van der Waals surface area contributed by atoms with E-state index >= 15 is 0 Å². The van der Waals surface area contributed by atoms with E-state index in [4.69, 9.17) is 9.47 Å². The first-order chi connectivity index (χ1) is 15.5. The lowest BCUT2D eigenvalue weighted by molar-refractivity contribution is 0.0365. The molecule has 0 unspecified atom stereocenters. The summed E-state index contributed by atoms with van der Waals surface area (Å²) in [7, 11) is 0. The highest BCUT2D eigenvalue weighted by atomic mass is 16.5. The van der Waals surface area contributed by atoms with Gasteiger partial charge >= 0.3 is 0 Å². The van der Waals surface area contributed by atoms with Gasteiger partial charge < -0.3 is 24.3 Å². The fourth-order valence-electron chi connectivity index (χ4n) is 4.27. The van der Waals surface area contributed by atoms with Gasteiger partial charge in [-0.1, -0.05) is 6.07 Å². The summed E-state index contributed by atoms with van der Waals surface area (Å²) in [6.07, 6.45) is 3.50. The molecule has 0 radical (unpaired) electrons. The molecule has 0 atom stereocenters. The number of benzene rings is 2. The molecule has 1 saturated heterocycles. The summed E-state index contributed by atoms with van der Waals surface area (Å²) in [4.78, 5) is 15.2. The van der Waals surface area contributed by atoms with Crippen LogP contribution in [0.15, 0.2) is 42.3 Å². The molecule has 0 spiro atoms. The second kappa shape index (κ2) is 8.04. The van der Waals surface area contributed by atoms with Crippen molar-refractivity contribution < 1.29 is 24.5 Å². The smallest absolute Gasteiger partial charge is 0.235 e. The number of aromatic hydroxyl groups is 2. The number of fused-ring (bicyclic) bond motifs is 2. The van der Waals surface area contributed by atoms with Crippen LogP contribution >= 0.6 is 0 Å². The SMILES string of the molecule is N#Cc1cccc2c1c(/C=C1/Oc3cc(O)cc(O)c3C1=O)cn2CCN1CCOCC1. The average molecular weight is 431 g/mol. The number of rotatable bonds is 4. The molecule has 1 aromatic heterocycles. The number of hydrogen-bond acceptors (Lipinski definition) is 7. The third kappa shape index (κ3) is 3.47. The molecule has 8 heteroatoms. The van der Waals surface area contributed by atoms with E-state index in [9.17, 15) is 20.3 Å². The maximum absolute atomic E-state index is 12.8. The van der Waals surface area contributed by atoms with Crippen molar-refractivity contribution in [3.05, 3.63) is 59.0 Å². The standard InChI is InChI=1S/C24H21N3O5/c25-13-15-2-1-3-18-22(15)16(14-27(18)5-4-26-6-8-31-9-7-26)10-21-24(30)23-19(29)11-17(28)12-20(23)32-21/h1-3,10-12,14,28-29H,4-9H2/b21-10+. The van der Waals surface area contributed by atoms with E-state index in [2.05, 4.69) is 15.5 Å². The minimum atomic E-state index is -0.471. The molecule has 3 heterocycles. The Bertz CT molecular complexity index is 1300. The highest BCUT2D eigenvalue weighted by Gasteiger charge is 2.31. The van der Waals surface area contributed by atoms with Crippen LogP contribution in [0.1, 0.15) is 21.5 Å². The van der Waals surface area contributed by atoms with E-state index in [1.165, 1.54) is 6.07 Å². The third-order valence-corrected chi connectivity index (χ3v) is 5.84. The Morgan fingerprint density at radius 1 is 1.16 bits per heavy atom. The van der Waals surface area contributed by atoms with Crippen molar-refractivity contribution in [2.24, 2.45) is 0 Å². The van der Waals surface area contributed by atoms with Crippen LogP contribution in [0.25, 0.3) is 17.0 Å². The first-order valence-electron chi connectivity index (χ1n) is 10.4. The Balaban J connectivity index is 1.53. The van der Waals surface area contributed by atoms with Gasteiger partial charge in [-0.3, -0.25) is 9.69 Å². The molecule has 8 nitrogen and oxygen atoms in total. The van der Waals surface area contributed by atoms with Crippen molar-refractivity contribution in [3.8, 4) is 23.3 Å². The molecule has 0 aliphatic carbocycles. The van der Waals surface area contributed by atoms with Crippen LogP contribution in [0.3, 0.4) is 0 Å². The van der Waals surface area contributed by atoms with Crippen molar-refractivity contribution in [2.75, 3.05) is 32.8 Å². The molecule has 2 aliphatic rings. The maximum atomic E-state index is 12.8. The summed E-state index contributed by atoms with van der Waals surface area (Å²) in [5.41, 5.74) is 2.10. The summed E-state index contributed by atoms with van der Waals surface area (Å²) in [6, 6.07) is 10.2. The molecular weight excluding hydrogens is 410 g/mol. The van der Waals surface area contributed by atoms with Gasteiger partial charge in [-0.2, -0.15) is 5.26 Å². The topological polar surface area (TPSA) is 108 Å². The van der Waals surface area contributed by atoms with Gasteiger partial charge in [0.2, 0.25) is 5.78 Å². The van der Waals surface area contributed by atoms with Crippen LogP contribution in [-0.4, -0.2) is 58.3 Å². The third-order valence-electron chi connectivity index (χ3n) is 5.84. The molecule has 1 fully saturated rings. The largest absolute Gasteiger partial charge is 0.508 e. The number of phenols is 2. The molecule has 0 saturated carbocycles. The first-order valence-corrected chi connectivity index (χ1v) is 10.4. The number of ether oxygens (including phenoxy) is 2. The number of hydrogen-bond donors (Lipinski definition) is 2. The molecule has 2 aliphatic heterocycles. The maximum Gasteiger partial charge on any atom is 0.235 e. The van der Waals surface area contributed by atoms with Crippen LogP contribution in [0.5, 0.6) is 17.2 Å². The van der Waals surface area contributed by atoms with Crippen molar-refractivity contribution in [1.29, 1.82) is 5.26 Å². The summed E-state index contributed by atoms with van der Waals surface area (Å²) in [5, 5.41) is 30.2. The van der Waals surface area contributed by atoms with E-state index in [0.29, 0.717) is 11.1 Å². The fourth-order valence-corrected chi connectivity index (χ4v) is 4.27. The summed E-state index contributed by atoms with van der Waals surface area (Å²) in [6.45, 7) is 4.79. The van der Waals surface area contributed by atoms with Gasteiger partial charge in [0, 0.05) is 61.0 Å². The Morgan fingerprint density at radius 2 is 1.97 bits per heavy atom. The predicted octanol–water partition coefficient (Wildman–Crippen LogP) is 2.87. The molecule has 32 heavy (non-hydrogen) atoms. The number of nitrogens with zero attached hydrogens (tertiary/aromatic N) is 3. The highest BCUT2D eigenvalue weighted by molar-refractivity contribution is 6.17. The second-order valence-electron chi connectivity index (χ2n) is 7.82. The Labute approximate surface area is 184 Å². The lowest BCUT2D eigenvalue weighted by atomic mass is 10.0. The quantitative estimate of drug-likeness (QED) is 0.612. The van der Waals surface area contributed by atoms with Crippen LogP contribution in [-0.2, 0) is 11.3 Å². The second-order valence-corrected chi connectivity index (χ2v) is 7.82. The van der Waals surface area contributed by atoms with Gasteiger partial charge in [0.25, 0.3) is 0 Å². The molecule has 5 rings (SSSR count). The van der Waals surface area contributed by atoms with Crippen molar-refractivity contribution in [2.45, 2.75) is 6.54 Å². The van der Waals surface area contributed by atoms with E-state index in [-0.39, 0.29) is 28.6 Å². The number of Topliss-reactive ketones (excluding diaryl/α,β-unsaturated/α-hetero) is 1. The number of morpholine rings is 1. The Morgan fingerprint density at radius 3 is 2.75 bits per heavy atom. The van der Waals surface area contributed by atoms with Gasteiger partial charge in [0.05, 0.1) is 24.8 Å².